The van der Waals surface area contributed by atoms with Crippen LogP contribution in [0.2, 0.25) is 0 Å². The molecule has 1 rings (SSSR count). The fourth-order valence-electron chi connectivity index (χ4n) is 2.37. The van der Waals surface area contributed by atoms with Crippen molar-refractivity contribution in [2.24, 2.45) is 0 Å². The lowest BCUT2D eigenvalue weighted by atomic mass is 9.94. The molecule has 1 atom stereocenters. The monoisotopic (exact) mass is 265 g/mol. The molecule has 1 aliphatic carbocycles. The number of hydrogen-bond acceptors (Lipinski definition) is 4. The molecular weight excluding hydrogens is 242 g/mol. The van der Waals surface area contributed by atoms with Gasteiger partial charge in [-0.05, 0) is 38.9 Å². The molecule has 0 bridgehead atoms. The summed E-state index contributed by atoms with van der Waals surface area (Å²) in [5, 5.41) is 4.24. The largest absolute Gasteiger partial charge is 0.310 e. The van der Waals surface area contributed by atoms with Crippen LogP contribution in [0.25, 0.3) is 0 Å². The molecule has 1 aliphatic rings. The highest BCUT2D eigenvalue weighted by Crippen LogP contribution is 2.26. The van der Waals surface area contributed by atoms with E-state index in [2.05, 4.69) is 11.6 Å². The summed E-state index contributed by atoms with van der Waals surface area (Å²) >= 11 is 1.95. The van der Waals surface area contributed by atoms with Crippen LogP contribution in [-0.4, -0.2) is 44.0 Å². The molecule has 5 heteroatoms. The van der Waals surface area contributed by atoms with Crippen molar-refractivity contribution in [1.29, 1.82) is 0 Å². The number of thioether (sulfide) groups is 1. The Morgan fingerprint density at radius 3 is 2.31 bits per heavy atom. The lowest BCUT2D eigenvalue weighted by molar-refractivity contribution is 0.358. The second kappa shape index (κ2) is 6.26. The predicted molar refractivity (Wildman–Crippen MR) is 71.9 cm³/mol. The van der Waals surface area contributed by atoms with Crippen LogP contribution >= 0.6 is 11.8 Å². The van der Waals surface area contributed by atoms with Gasteiger partial charge in [0.15, 0.2) is 0 Å². The first-order valence-electron chi connectivity index (χ1n) is 5.87. The molecule has 0 aliphatic heterocycles. The Labute approximate surface area is 104 Å². The summed E-state index contributed by atoms with van der Waals surface area (Å²) in [6, 6.07) is 0.589. The van der Waals surface area contributed by atoms with E-state index in [9.17, 15) is 8.42 Å². The van der Waals surface area contributed by atoms with Gasteiger partial charge < -0.3 is 5.32 Å². The predicted octanol–water partition coefficient (Wildman–Crippen LogP) is 1.68. The molecular formula is C11H23NO2S2. The normalized spacial score (nSPS) is 28.9. The van der Waals surface area contributed by atoms with E-state index in [0.29, 0.717) is 6.04 Å². The number of nitrogens with one attached hydrogen (secondary N) is 1. The minimum absolute atomic E-state index is 0.0748. The van der Waals surface area contributed by atoms with Crippen LogP contribution in [0.3, 0.4) is 0 Å². The highest BCUT2D eigenvalue weighted by Gasteiger charge is 2.22. The maximum atomic E-state index is 11.1. The van der Waals surface area contributed by atoms with E-state index in [0.717, 1.165) is 5.25 Å². The summed E-state index contributed by atoms with van der Waals surface area (Å²) in [4.78, 5) is 0. The van der Waals surface area contributed by atoms with Gasteiger partial charge in [-0.2, -0.15) is 11.8 Å². The Kier molecular flexibility index (Phi) is 5.61. The van der Waals surface area contributed by atoms with E-state index in [1.54, 1.807) is 0 Å². The molecule has 0 heterocycles. The standard InChI is InChI=1S/C11H23NO2S2/c1-9(8-16(3,13)14)12-10-4-6-11(15-2)7-5-10/h9-12H,4-8H2,1-3H3. The highest BCUT2D eigenvalue weighted by atomic mass is 32.2. The van der Waals surface area contributed by atoms with Crippen LogP contribution < -0.4 is 5.32 Å². The van der Waals surface area contributed by atoms with Crippen molar-refractivity contribution in [3.05, 3.63) is 0 Å². The second-order valence-corrected chi connectivity index (χ2v) is 8.19. The first-order chi connectivity index (χ1) is 7.40. The van der Waals surface area contributed by atoms with E-state index in [-0.39, 0.29) is 11.8 Å². The summed E-state index contributed by atoms with van der Waals surface area (Å²) in [7, 11) is -2.86. The van der Waals surface area contributed by atoms with Crippen molar-refractivity contribution in [1.82, 2.24) is 5.32 Å². The Hall–Kier alpha value is 0.260. The van der Waals surface area contributed by atoms with Gasteiger partial charge in [0.1, 0.15) is 9.84 Å². The molecule has 1 saturated carbocycles. The van der Waals surface area contributed by atoms with Crippen LogP contribution in [0, 0.1) is 0 Å². The lowest BCUT2D eigenvalue weighted by Gasteiger charge is -2.30. The third-order valence-corrected chi connectivity index (χ3v) is 5.32. The topological polar surface area (TPSA) is 46.2 Å². The molecule has 0 amide bonds. The molecule has 0 spiro atoms. The molecule has 0 aromatic heterocycles. The second-order valence-electron chi connectivity index (χ2n) is 4.87. The van der Waals surface area contributed by atoms with Gasteiger partial charge >= 0.3 is 0 Å². The Morgan fingerprint density at radius 1 is 1.31 bits per heavy atom. The van der Waals surface area contributed by atoms with Crippen LogP contribution in [0.15, 0.2) is 0 Å². The van der Waals surface area contributed by atoms with E-state index in [1.807, 2.05) is 18.7 Å². The van der Waals surface area contributed by atoms with Gasteiger partial charge in [0.05, 0.1) is 5.75 Å². The van der Waals surface area contributed by atoms with Crippen molar-refractivity contribution in [2.75, 3.05) is 18.3 Å². The SMILES string of the molecule is CSC1CCC(NC(C)CS(C)(=O)=O)CC1. The van der Waals surface area contributed by atoms with Crippen LogP contribution in [0.4, 0.5) is 0 Å². The van der Waals surface area contributed by atoms with Crippen molar-refractivity contribution in [3.8, 4) is 0 Å². The molecule has 0 radical (unpaired) electrons. The number of sulfone groups is 1. The minimum Gasteiger partial charge on any atom is -0.310 e. The minimum atomic E-state index is -2.86. The average Bonchev–Trinajstić information content (AvgIpc) is 2.16. The smallest absolute Gasteiger partial charge is 0.148 e. The fourth-order valence-corrected chi connectivity index (χ4v) is 4.12. The zero-order valence-corrected chi connectivity index (χ0v) is 12.0. The van der Waals surface area contributed by atoms with Gasteiger partial charge in [-0.15, -0.1) is 0 Å². The van der Waals surface area contributed by atoms with Gasteiger partial charge in [-0.1, -0.05) is 0 Å². The summed E-state index contributed by atoms with van der Waals surface area (Å²) in [5.41, 5.74) is 0. The van der Waals surface area contributed by atoms with Crippen LogP contribution in [-0.2, 0) is 9.84 Å². The molecule has 0 aromatic rings. The fraction of sp³-hybridized carbons (Fsp3) is 1.00. The maximum absolute atomic E-state index is 11.1. The molecule has 0 saturated heterocycles. The molecule has 3 nitrogen and oxygen atoms in total. The Balaban J connectivity index is 2.28. The lowest BCUT2D eigenvalue weighted by Crippen LogP contribution is -2.42. The Morgan fingerprint density at radius 2 is 1.88 bits per heavy atom. The van der Waals surface area contributed by atoms with Crippen molar-refractivity contribution < 1.29 is 8.42 Å². The average molecular weight is 265 g/mol. The summed E-state index contributed by atoms with van der Waals surface area (Å²) < 4.78 is 22.3. The summed E-state index contributed by atoms with van der Waals surface area (Å²) in [6.07, 6.45) is 8.34. The third kappa shape index (κ3) is 5.55. The van der Waals surface area contributed by atoms with Crippen molar-refractivity contribution in [2.45, 2.75) is 49.9 Å². The molecule has 16 heavy (non-hydrogen) atoms. The van der Waals surface area contributed by atoms with Crippen molar-refractivity contribution in [3.63, 3.8) is 0 Å². The van der Waals surface area contributed by atoms with Gasteiger partial charge in [0.2, 0.25) is 0 Å². The summed E-state index contributed by atoms with van der Waals surface area (Å²) in [5.74, 6) is 0.245. The van der Waals surface area contributed by atoms with E-state index < -0.39 is 9.84 Å². The first-order valence-corrected chi connectivity index (χ1v) is 9.22. The van der Waals surface area contributed by atoms with E-state index >= 15 is 0 Å². The zero-order valence-electron chi connectivity index (χ0n) is 10.4. The third-order valence-electron chi connectivity index (χ3n) is 3.08. The Bertz CT molecular complexity index is 295. The van der Waals surface area contributed by atoms with Gasteiger partial charge in [0, 0.05) is 23.6 Å². The molecule has 1 N–H and O–H groups in total. The van der Waals surface area contributed by atoms with Gasteiger partial charge in [-0.3, -0.25) is 0 Å². The molecule has 1 unspecified atom stereocenters. The van der Waals surface area contributed by atoms with Gasteiger partial charge in [0.25, 0.3) is 0 Å². The quantitative estimate of drug-likeness (QED) is 0.821. The van der Waals surface area contributed by atoms with E-state index in [4.69, 9.17) is 0 Å². The molecule has 96 valence electrons. The summed E-state index contributed by atoms with van der Waals surface area (Å²) in [6.45, 7) is 1.96. The van der Waals surface area contributed by atoms with Crippen molar-refractivity contribution >= 4 is 21.6 Å². The molecule has 0 aromatic carbocycles. The van der Waals surface area contributed by atoms with Crippen LogP contribution in [0.1, 0.15) is 32.6 Å². The highest BCUT2D eigenvalue weighted by molar-refractivity contribution is 7.99. The molecule has 1 fully saturated rings. The van der Waals surface area contributed by atoms with E-state index in [1.165, 1.54) is 31.9 Å². The number of hydrogen-bond donors (Lipinski definition) is 1. The first kappa shape index (κ1) is 14.3. The van der Waals surface area contributed by atoms with Crippen LogP contribution in [0.5, 0.6) is 0 Å². The maximum Gasteiger partial charge on any atom is 0.148 e. The zero-order chi connectivity index (χ0) is 12.2. The number of rotatable bonds is 5. The van der Waals surface area contributed by atoms with Gasteiger partial charge in [-0.25, -0.2) is 8.42 Å².